The molecule has 3 fully saturated rings. The van der Waals surface area contributed by atoms with Gasteiger partial charge in [0, 0.05) is 25.7 Å². The molecule has 5 nitrogen and oxygen atoms in total. The van der Waals surface area contributed by atoms with Crippen LogP contribution in [0.3, 0.4) is 0 Å². The molecule has 3 aliphatic rings. The molecule has 2 aliphatic heterocycles. The summed E-state index contributed by atoms with van der Waals surface area (Å²) in [4.78, 5) is 29.4. The summed E-state index contributed by atoms with van der Waals surface area (Å²) < 4.78 is 5.36. The summed E-state index contributed by atoms with van der Waals surface area (Å²) in [6.07, 6.45) is 4.76. The second-order valence-corrected chi connectivity index (χ2v) is 8.78. The molecule has 0 radical (unpaired) electrons. The predicted molar refractivity (Wildman–Crippen MR) is 103 cm³/mol. The number of rotatable bonds is 3. The molecule has 0 unspecified atom stereocenters. The molecule has 1 spiro atoms. The number of likely N-dealkylation sites (tertiary alicyclic amines) is 2. The largest absolute Gasteiger partial charge is 0.447 e. The van der Waals surface area contributed by atoms with Crippen molar-refractivity contribution in [3.8, 4) is 0 Å². The summed E-state index contributed by atoms with van der Waals surface area (Å²) in [5, 5.41) is 0. The van der Waals surface area contributed by atoms with E-state index in [1.807, 2.05) is 36.9 Å². The highest BCUT2D eigenvalue weighted by Crippen LogP contribution is 2.48. The molecule has 2 heterocycles. The predicted octanol–water partition coefficient (Wildman–Crippen LogP) is 3.79. The third-order valence-corrected chi connectivity index (χ3v) is 6.33. The average molecular weight is 370 g/mol. The maximum atomic E-state index is 13.2. The molecule has 1 aromatic carbocycles. The van der Waals surface area contributed by atoms with Crippen molar-refractivity contribution in [2.45, 2.75) is 64.0 Å². The molecule has 2 amide bonds. The maximum Gasteiger partial charge on any atom is 0.410 e. The first-order chi connectivity index (χ1) is 13.0. The topological polar surface area (TPSA) is 49.9 Å². The Morgan fingerprint density at radius 2 is 1.81 bits per heavy atom. The lowest BCUT2D eigenvalue weighted by molar-refractivity contribution is -0.142. The summed E-state index contributed by atoms with van der Waals surface area (Å²) in [7, 11) is 0. The highest BCUT2D eigenvalue weighted by Gasteiger charge is 2.49. The molecule has 146 valence electrons. The van der Waals surface area contributed by atoms with Crippen LogP contribution in [0.15, 0.2) is 30.3 Å². The second-order valence-electron chi connectivity index (χ2n) is 8.78. The molecule has 1 atom stereocenters. The molecule has 0 N–H and O–H groups in total. The van der Waals surface area contributed by atoms with Gasteiger partial charge in [0.1, 0.15) is 0 Å². The number of carbonyl (C=O) groups is 2. The lowest BCUT2D eigenvalue weighted by Gasteiger charge is -2.50. The maximum absolute atomic E-state index is 13.2. The van der Waals surface area contributed by atoms with Crippen molar-refractivity contribution in [3.05, 3.63) is 35.9 Å². The van der Waals surface area contributed by atoms with Gasteiger partial charge in [-0.1, -0.05) is 30.3 Å². The van der Waals surface area contributed by atoms with Crippen LogP contribution in [0.1, 0.15) is 57.4 Å². The fourth-order valence-electron chi connectivity index (χ4n) is 4.67. The van der Waals surface area contributed by atoms with Gasteiger partial charge in [0.2, 0.25) is 5.91 Å². The summed E-state index contributed by atoms with van der Waals surface area (Å²) >= 11 is 0. The Kier molecular flexibility index (Phi) is 4.87. The summed E-state index contributed by atoms with van der Waals surface area (Å²) in [5.41, 5.74) is 1.25. The lowest BCUT2D eigenvalue weighted by atomic mass is 9.67. The van der Waals surface area contributed by atoms with Gasteiger partial charge in [-0.25, -0.2) is 4.79 Å². The van der Waals surface area contributed by atoms with E-state index in [1.54, 1.807) is 0 Å². The van der Waals surface area contributed by atoms with Crippen LogP contribution in [0.5, 0.6) is 0 Å². The van der Waals surface area contributed by atoms with Crippen LogP contribution in [0, 0.1) is 5.41 Å². The fraction of sp³-hybridized carbons (Fsp3) is 0.636. The van der Waals surface area contributed by atoms with E-state index >= 15 is 0 Å². The molecular formula is C22H30N2O3. The van der Waals surface area contributed by atoms with E-state index in [-0.39, 0.29) is 23.5 Å². The Morgan fingerprint density at radius 3 is 2.41 bits per heavy atom. The summed E-state index contributed by atoms with van der Waals surface area (Å²) in [5.74, 6) is 0.255. The molecule has 4 rings (SSSR count). The van der Waals surface area contributed by atoms with Gasteiger partial charge >= 0.3 is 6.09 Å². The lowest BCUT2D eigenvalue weighted by Crippen LogP contribution is -2.55. The zero-order valence-electron chi connectivity index (χ0n) is 16.4. The van der Waals surface area contributed by atoms with Gasteiger partial charge in [-0.2, -0.15) is 0 Å². The highest BCUT2D eigenvalue weighted by molar-refractivity contribution is 5.85. The van der Waals surface area contributed by atoms with Gasteiger partial charge in [0.05, 0.1) is 12.0 Å². The van der Waals surface area contributed by atoms with Crippen molar-refractivity contribution in [3.63, 3.8) is 0 Å². The number of carbonyl (C=O) groups excluding carboxylic acids is 2. The average Bonchev–Trinajstić information content (AvgIpc) is 3.49. The standard InChI is InChI=1S/C22H30N2O3/c1-16(2)27-21(26)23-12-10-22(11-13-23)14-19(17-6-4-3-5-7-17)20(25)24(15-22)18-8-9-18/h3-7,16,18-19H,8-15H2,1-2H3/t19-/m0/s1. The highest BCUT2D eigenvalue weighted by atomic mass is 16.6. The number of ether oxygens (including phenoxy) is 1. The second kappa shape index (κ2) is 7.17. The van der Waals surface area contributed by atoms with Crippen LogP contribution in [0.25, 0.3) is 0 Å². The van der Waals surface area contributed by atoms with Crippen molar-refractivity contribution < 1.29 is 14.3 Å². The number of amides is 2. The molecule has 0 aromatic heterocycles. The third kappa shape index (κ3) is 3.83. The third-order valence-electron chi connectivity index (χ3n) is 6.33. The first kappa shape index (κ1) is 18.3. The minimum Gasteiger partial charge on any atom is -0.447 e. The van der Waals surface area contributed by atoms with E-state index in [0.29, 0.717) is 11.9 Å². The number of piperidine rings is 2. The van der Waals surface area contributed by atoms with E-state index < -0.39 is 0 Å². The van der Waals surface area contributed by atoms with Crippen molar-refractivity contribution >= 4 is 12.0 Å². The van der Waals surface area contributed by atoms with E-state index in [2.05, 4.69) is 17.0 Å². The molecule has 2 saturated heterocycles. The number of hydrogen-bond acceptors (Lipinski definition) is 3. The van der Waals surface area contributed by atoms with Crippen molar-refractivity contribution in [2.24, 2.45) is 5.41 Å². The van der Waals surface area contributed by atoms with Gasteiger partial charge in [0.15, 0.2) is 0 Å². The first-order valence-electron chi connectivity index (χ1n) is 10.3. The number of nitrogens with zero attached hydrogens (tertiary/aromatic N) is 2. The van der Waals surface area contributed by atoms with Gasteiger partial charge < -0.3 is 14.5 Å². The molecule has 5 heteroatoms. The molecule has 1 saturated carbocycles. The molecule has 0 bridgehead atoms. The summed E-state index contributed by atoms with van der Waals surface area (Å²) in [6, 6.07) is 10.7. The van der Waals surface area contributed by atoms with Gasteiger partial charge in [0.25, 0.3) is 0 Å². The normalized spacial score (nSPS) is 25.1. The number of benzene rings is 1. The van der Waals surface area contributed by atoms with E-state index in [0.717, 1.165) is 57.3 Å². The molecule has 27 heavy (non-hydrogen) atoms. The Bertz CT molecular complexity index is 691. The van der Waals surface area contributed by atoms with Gasteiger partial charge in [-0.3, -0.25) is 4.79 Å². The Morgan fingerprint density at radius 1 is 1.15 bits per heavy atom. The molecule has 1 aliphatic carbocycles. The zero-order valence-corrected chi connectivity index (χ0v) is 16.4. The summed E-state index contributed by atoms with van der Waals surface area (Å²) in [6.45, 7) is 6.06. The van der Waals surface area contributed by atoms with Crippen molar-refractivity contribution in [2.75, 3.05) is 19.6 Å². The van der Waals surface area contributed by atoms with Crippen LogP contribution in [-0.4, -0.2) is 53.6 Å². The Hall–Kier alpha value is -2.04. The van der Waals surface area contributed by atoms with E-state index in [4.69, 9.17) is 4.74 Å². The van der Waals surface area contributed by atoms with Crippen LogP contribution in [-0.2, 0) is 9.53 Å². The quantitative estimate of drug-likeness (QED) is 0.813. The van der Waals surface area contributed by atoms with Crippen LogP contribution in [0.4, 0.5) is 4.79 Å². The first-order valence-corrected chi connectivity index (χ1v) is 10.3. The van der Waals surface area contributed by atoms with Crippen LogP contribution < -0.4 is 0 Å². The van der Waals surface area contributed by atoms with Crippen molar-refractivity contribution in [1.82, 2.24) is 9.80 Å². The zero-order chi connectivity index (χ0) is 19.0. The number of hydrogen-bond donors (Lipinski definition) is 0. The van der Waals surface area contributed by atoms with Gasteiger partial charge in [-0.05, 0) is 56.9 Å². The fourth-order valence-corrected chi connectivity index (χ4v) is 4.67. The minimum absolute atomic E-state index is 0.0466. The van der Waals surface area contributed by atoms with Gasteiger partial charge in [-0.15, -0.1) is 0 Å². The smallest absolute Gasteiger partial charge is 0.410 e. The van der Waals surface area contributed by atoms with E-state index in [9.17, 15) is 9.59 Å². The van der Waals surface area contributed by atoms with Crippen LogP contribution >= 0.6 is 0 Å². The molecular weight excluding hydrogens is 340 g/mol. The Labute approximate surface area is 161 Å². The van der Waals surface area contributed by atoms with E-state index in [1.165, 1.54) is 0 Å². The molecule has 1 aromatic rings. The minimum atomic E-state index is -0.203. The Balaban J connectivity index is 1.51. The van der Waals surface area contributed by atoms with Crippen LogP contribution in [0.2, 0.25) is 0 Å². The van der Waals surface area contributed by atoms with Crippen molar-refractivity contribution in [1.29, 1.82) is 0 Å². The monoisotopic (exact) mass is 370 g/mol. The SMILES string of the molecule is CC(C)OC(=O)N1CCC2(CC1)C[C@@H](c1ccccc1)C(=O)N(C1CC1)C2.